The van der Waals surface area contributed by atoms with E-state index in [-0.39, 0.29) is 11.9 Å². The van der Waals surface area contributed by atoms with Crippen LogP contribution in [0.25, 0.3) is 0 Å². The molecule has 1 aromatic carbocycles. The van der Waals surface area contributed by atoms with Crippen LogP contribution < -0.4 is 16.0 Å². The quantitative estimate of drug-likeness (QED) is 0.819. The van der Waals surface area contributed by atoms with E-state index in [1.165, 1.54) is 6.92 Å². The van der Waals surface area contributed by atoms with Gasteiger partial charge in [-0.3, -0.25) is 4.79 Å². The molecule has 0 saturated carbocycles. The molecule has 0 heterocycles. The van der Waals surface area contributed by atoms with Crippen molar-refractivity contribution in [2.24, 2.45) is 0 Å². The SMILES string of the molecule is CCC(CC)NC(=O)N(C(C)=O)c1cccc(N)c1. The first-order valence-corrected chi connectivity index (χ1v) is 6.46. The summed E-state index contributed by atoms with van der Waals surface area (Å²) in [5.74, 6) is -0.339. The maximum absolute atomic E-state index is 12.2. The third-order valence-corrected chi connectivity index (χ3v) is 2.96. The monoisotopic (exact) mass is 263 g/mol. The Morgan fingerprint density at radius 3 is 2.42 bits per heavy atom. The summed E-state index contributed by atoms with van der Waals surface area (Å²) in [5.41, 5.74) is 6.68. The van der Waals surface area contributed by atoms with Gasteiger partial charge in [0.15, 0.2) is 0 Å². The average Bonchev–Trinajstić information content (AvgIpc) is 2.35. The molecule has 5 nitrogen and oxygen atoms in total. The van der Waals surface area contributed by atoms with E-state index in [2.05, 4.69) is 5.32 Å². The van der Waals surface area contributed by atoms with Gasteiger partial charge in [-0.15, -0.1) is 0 Å². The van der Waals surface area contributed by atoms with Crippen LogP contribution >= 0.6 is 0 Å². The zero-order valence-corrected chi connectivity index (χ0v) is 11.6. The van der Waals surface area contributed by atoms with E-state index in [4.69, 9.17) is 5.73 Å². The summed E-state index contributed by atoms with van der Waals surface area (Å²) in [6.45, 7) is 5.34. The fraction of sp³-hybridized carbons (Fsp3) is 0.429. The van der Waals surface area contributed by atoms with Crippen LogP contribution in [0, 0.1) is 0 Å². The van der Waals surface area contributed by atoms with Crippen LogP contribution in [-0.2, 0) is 4.79 Å². The second-order valence-electron chi connectivity index (χ2n) is 4.41. The molecular weight excluding hydrogens is 242 g/mol. The van der Waals surface area contributed by atoms with Crippen LogP contribution in [-0.4, -0.2) is 18.0 Å². The van der Waals surface area contributed by atoms with Crippen LogP contribution in [0.4, 0.5) is 16.2 Å². The number of nitrogens with one attached hydrogen (secondary N) is 1. The normalized spacial score (nSPS) is 10.3. The van der Waals surface area contributed by atoms with E-state index in [9.17, 15) is 9.59 Å². The summed E-state index contributed by atoms with van der Waals surface area (Å²) in [7, 11) is 0. The smallest absolute Gasteiger partial charge is 0.328 e. The molecular formula is C14H21N3O2. The van der Waals surface area contributed by atoms with E-state index >= 15 is 0 Å². The molecule has 104 valence electrons. The van der Waals surface area contributed by atoms with Crippen LogP contribution in [0.1, 0.15) is 33.6 Å². The maximum Gasteiger partial charge on any atom is 0.328 e. The molecule has 0 saturated heterocycles. The Kier molecular flexibility index (Phi) is 5.36. The van der Waals surface area contributed by atoms with Gasteiger partial charge in [-0.1, -0.05) is 19.9 Å². The number of nitrogens with zero attached hydrogens (tertiary/aromatic N) is 1. The summed E-state index contributed by atoms with van der Waals surface area (Å²) in [6, 6.07) is 6.37. The molecule has 0 aliphatic heterocycles. The summed E-state index contributed by atoms with van der Waals surface area (Å²) in [6.07, 6.45) is 1.65. The van der Waals surface area contributed by atoms with Crippen LogP contribution in [0.5, 0.6) is 0 Å². The molecule has 0 bridgehead atoms. The van der Waals surface area contributed by atoms with Crippen LogP contribution in [0.3, 0.4) is 0 Å². The minimum Gasteiger partial charge on any atom is -0.399 e. The Hall–Kier alpha value is -2.04. The molecule has 3 N–H and O–H groups in total. The van der Waals surface area contributed by atoms with E-state index < -0.39 is 6.03 Å². The van der Waals surface area contributed by atoms with Gasteiger partial charge in [0.1, 0.15) is 0 Å². The lowest BCUT2D eigenvalue weighted by Gasteiger charge is -2.23. The number of benzene rings is 1. The lowest BCUT2D eigenvalue weighted by molar-refractivity contribution is -0.115. The third-order valence-electron chi connectivity index (χ3n) is 2.96. The van der Waals surface area contributed by atoms with E-state index in [1.54, 1.807) is 24.3 Å². The van der Waals surface area contributed by atoms with E-state index in [0.717, 1.165) is 17.7 Å². The van der Waals surface area contributed by atoms with Crippen molar-refractivity contribution in [2.75, 3.05) is 10.6 Å². The number of hydrogen-bond acceptors (Lipinski definition) is 3. The Labute approximate surface area is 113 Å². The number of rotatable bonds is 4. The lowest BCUT2D eigenvalue weighted by Crippen LogP contribution is -2.46. The summed E-state index contributed by atoms with van der Waals surface area (Å²) in [4.78, 5) is 25.0. The molecule has 0 aliphatic carbocycles. The number of carbonyl (C=O) groups excluding carboxylic acids is 2. The standard InChI is InChI=1S/C14H21N3O2/c1-4-12(5-2)16-14(19)17(10(3)18)13-8-6-7-11(15)9-13/h6-9,12H,4-5,15H2,1-3H3,(H,16,19). The van der Waals surface area contributed by atoms with Crippen molar-refractivity contribution in [1.29, 1.82) is 0 Å². The lowest BCUT2D eigenvalue weighted by atomic mass is 10.2. The maximum atomic E-state index is 12.2. The van der Waals surface area contributed by atoms with Crippen molar-refractivity contribution in [3.8, 4) is 0 Å². The number of imide groups is 1. The van der Waals surface area contributed by atoms with Crippen molar-refractivity contribution in [2.45, 2.75) is 39.7 Å². The first-order chi connectivity index (χ1) is 8.99. The molecule has 0 aromatic heterocycles. The number of anilines is 2. The topological polar surface area (TPSA) is 75.4 Å². The molecule has 0 fully saturated rings. The van der Waals surface area contributed by atoms with Crippen molar-refractivity contribution in [1.82, 2.24) is 5.32 Å². The highest BCUT2D eigenvalue weighted by Crippen LogP contribution is 2.18. The molecule has 0 aliphatic rings. The zero-order chi connectivity index (χ0) is 14.4. The average molecular weight is 263 g/mol. The number of amides is 3. The van der Waals surface area contributed by atoms with Gasteiger partial charge in [0.25, 0.3) is 0 Å². The highest BCUT2D eigenvalue weighted by molar-refractivity contribution is 6.13. The van der Waals surface area contributed by atoms with E-state index in [1.807, 2.05) is 13.8 Å². The van der Waals surface area contributed by atoms with Crippen LogP contribution in [0.2, 0.25) is 0 Å². The second kappa shape index (κ2) is 6.78. The first kappa shape index (κ1) is 15.0. The number of carbonyl (C=O) groups is 2. The molecule has 19 heavy (non-hydrogen) atoms. The summed E-state index contributed by atoms with van der Waals surface area (Å²) in [5, 5.41) is 2.84. The Morgan fingerprint density at radius 1 is 1.32 bits per heavy atom. The highest BCUT2D eigenvalue weighted by Gasteiger charge is 2.21. The van der Waals surface area contributed by atoms with Gasteiger partial charge in [-0.25, -0.2) is 9.69 Å². The molecule has 0 atom stereocenters. The van der Waals surface area contributed by atoms with Gasteiger partial charge >= 0.3 is 6.03 Å². The third kappa shape index (κ3) is 3.98. The number of nitrogen functional groups attached to an aromatic ring is 1. The zero-order valence-electron chi connectivity index (χ0n) is 11.6. The molecule has 5 heteroatoms. The number of hydrogen-bond donors (Lipinski definition) is 2. The predicted molar refractivity (Wildman–Crippen MR) is 76.9 cm³/mol. The van der Waals surface area contributed by atoms with Crippen molar-refractivity contribution in [3.63, 3.8) is 0 Å². The van der Waals surface area contributed by atoms with Crippen molar-refractivity contribution < 1.29 is 9.59 Å². The van der Waals surface area contributed by atoms with Crippen molar-refractivity contribution >= 4 is 23.3 Å². The highest BCUT2D eigenvalue weighted by atomic mass is 16.2. The van der Waals surface area contributed by atoms with Crippen molar-refractivity contribution in [3.05, 3.63) is 24.3 Å². The summed E-state index contributed by atoms with van der Waals surface area (Å²) < 4.78 is 0. The summed E-state index contributed by atoms with van der Waals surface area (Å²) >= 11 is 0. The first-order valence-electron chi connectivity index (χ1n) is 6.46. The Bertz CT molecular complexity index is 456. The molecule has 0 radical (unpaired) electrons. The minimum atomic E-state index is -0.410. The Balaban J connectivity index is 2.95. The molecule has 0 unspecified atom stereocenters. The van der Waals surface area contributed by atoms with Gasteiger partial charge in [0, 0.05) is 18.7 Å². The minimum absolute atomic E-state index is 0.0652. The fourth-order valence-corrected chi connectivity index (χ4v) is 1.84. The molecule has 1 aromatic rings. The predicted octanol–water partition coefficient (Wildman–Crippen LogP) is 2.52. The van der Waals surface area contributed by atoms with Gasteiger partial charge < -0.3 is 11.1 Å². The number of urea groups is 1. The molecule has 0 spiro atoms. The fourth-order valence-electron chi connectivity index (χ4n) is 1.84. The number of nitrogens with two attached hydrogens (primary N) is 1. The van der Waals surface area contributed by atoms with Gasteiger partial charge in [0.2, 0.25) is 5.91 Å². The van der Waals surface area contributed by atoms with Gasteiger partial charge in [0.05, 0.1) is 5.69 Å². The van der Waals surface area contributed by atoms with Gasteiger partial charge in [-0.2, -0.15) is 0 Å². The molecule has 1 rings (SSSR count). The Morgan fingerprint density at radius 2 is 1.95 bits per heavy atom. The van der Waals surface area contributed by atoms with E-state index in [0.29, 0.717) is 11.4 Å². The molecule has 3 amide bonds. The largest absolute Gasteiger partial charge is 0.399 e. The second-order valence-corrected chi connectivity index (χ2v) is 4.41. The van der Waals surface area contributed by atoms with Crippen LogP contribution in [0.15, 0.2) is 24.3 Å². The van der Waals surface area contributed by atoms with Gasteiger partial charge in [-0.05, 0) is 31.0 Å².